The molecule has 3 N–H and O–H groups in total. The lowest BCUT2D eigenvalue weighted by Gasteiger charge is -2.43. The van der Waals surface area contributed by atoms with Crippen LogP contribution in [0.3, 0.4) is 0 Å². The summed E-state index contributed by atoms with van der Waals surface area (Å²) in [4.78, 5) is 38.9. The summed E-state index contributed by atoms with van der Waals surface area (Å²) in [6, 6.07) is 24.0. The molecule has 0 aliphatic carbocycles. The number of benzene rings is 3. The van der Waals surface area contributed by atoms with Crippen molar-refractivity contribution in [3.05, 3.63) is 134 Å². The fourth-order valence-electron chi connectivity index (χ4n) is 6.28. The van der Waals surface area contributed by atoms with Crippen LogP contribution in [-0.2, 0) is 19.7 Å². The molecular formula is C36H38N2O9. The Labute approximate surface area is 271 Å². The summed E-state index contributed by atoms with van der Waals surface area (Å²) >= 11 is 0. The lowest BCUT2D eigenvalue weighted by molar-refractivity contribution is -0.140. The van der Waals surface area contributed by atoms with Gasteiger partial charge in [-0.25, -0.2) is 4.79 Å². The van der Waals surface area contributed by atoms with E-state index in [1.807, 2.05) is 66.7 Å². The zero-order chi connectivity index (χ0) is 33.6. The maximum Gasteiger partial charge on any atom is 0.330 e. The second kappa shape index (κ2) is 14.6. The summed E-state index contributed by atoms with van der Waals surface area (Å²) in [5.41, 5.74) is -0.685. The molecule has 1 saturated heterocycles. The minimum atomic E-state index is -1.45. The molecule has 1 aromatic heterocycles. The summed E-state index contributed by atoms with van der Waals surface area (Å²) in [6.45, 7) is 1.45. The summed E-state index contributed by atoms with van der Waals surface area (Å²) in [7, 11) is 3.09. The minimum absolute atomic E-state index is 0.0496. The lowest BCUT2D eigenvalue weighted by Crippen LogP contribution is -2.51. The number of nitrogens with one attached hydrogen (secondary N) is 1. The van der Waals surface area contributed by atoms with Gasteiger partial charge in [0, 0.05) is 30.7 Å². The number of aromatic nitrogens is 2. The molecule has 11 heteroatoms. The Kier molecular flexibility index (Phi) is 10.4. The van der Waals surface area contributed by atoms with Crippen molar-refractivity contribution in [3.63, 3.8) is 0 Å². The number of carbonyl (C=O) groups is 1. The SMILES string of the molecule is COc1ccccc1C(c1ccccc1)(c1ccccc1OC)C(O)[C@H]1O[C@@H](n2cc(/C=C/CCOC(C)=O)c(=O)[nH]c2=O)C[C@@H]1O. The molecule has 4 atom stereocenters. The highest BCUT2D eigenvalue weighted by Crippen LogP contribution is 2.51. The molecule has 3 aromatic carbocycles. The van der Waals surface area contributed by atoms with Crippen molar-refractivity contribution in [2.24, 2.45) is 0 Å². The first-order chi connectivity index (χ1) is 22.7. The van der Waals surface area contributed by atoms with Gasteiger partial charge in [0.2, 0.25) is 0 Å². The van der Waals surface area contributed by atoms with Crippen molar-refractivity contribution in [1.29, 1.82) is 0 Å². The smallest absolute Gasteiger partial charge is 0.330 e. The van der Waals surface area contributed by atoms with Crippen LogP contribution in [0.4, 0.5) is 0 Å². The molecule has 4 aromatic rings. The van der Waals surface area contributed by atoms with Crippen LogP contribution in [0.25, 0.3) is 6.08 Å². The number of nitrogens with zero attached hydrogens (tertiary/aromatic N) is 1. The van der Waals surface area contributed by atoms with E-state index in [9.17, 15) is 24.6 Å². The van der Waals surface area contributed by atoms with Gasteiger partial charge in [0.15, 0.2) is 0 Å². The number of esters is 1. The Bertz CT molecular complexity index is 1780. The van der Waals surface area contributed by atoms with Crippen LogP contribution in [0.5, 0.6) is 11.5 Å². The predicted octanol–water partition coefficient (Wildman–Crippen LogP) is 3.56. The number of carbonyl (C=O) groups excluding carboxylic acids is 1. The van der Waals surface area contributed by atoms with Gasteiger partial charge in [0.05, 0.1) is 37.9 Å². The molecule has 2 heterocycles. The molecule has 1 unspecified atom stereocenters. The first kappa shape index (κ1) is 33.4. The summed E-state index contributed by atoms with van der Waals surface area (Å²) in [5.74, 6) is 0.575. The molecular weight excluding hydrogens is 604 g/mol. The quantitative estimate of drug-likeness (QED) is 0.120. The van der Waals surface area contributed by atoms with Gasteiger partial charge in [-0.15, -0.1) is 0 Å². The van der Waals surface area contributed by atoms with Gasteiger partial charge in [0.1, 0.15) is 29.9 Å². The van der Waals surface area contributed by atoms with Gasteiger partial charge >= 0.3 is 11.7 Å². The van der Waals surface area contributed by atoms with Crippen LogP contribution < -0.4 is 20.7 Å². The molecule has 0 saturated carbocycles. The first-order valence-electron chi connectivity index (χ1n) is 15.2. The maximum absolute atomic E-state index is 13.0. The second-order valence-electron chi connectivity index (χ2n) is 11.2. The topological polar surface area (TPSA) is 149 Å². The zero-order valence-corrected chi connectivity index (χ0v) is 26.4. The molecule has 0 bridgehead atoms. The van der Waals surface area contributed by atoms with Crippen molar-refractivity contribution < 1.29 is 34.0 Å². The highest BCUT2D eigenvalue weighted by molar-refractivity contribution is 5.66. The summed E-state index contributed by atoms with van der Waals surface area (Å²) in [5, 5.41) is 24.2. The van der Waals surface area contributed by atoms with Crippen molar-refractivity contribution in [2.45, 2.75) is 49.7 Å². The van der Waals surface area contributed by atoms with E-state index in [4.69, 9.17) is 18.9 Å². The predicted molar refractivity (Wildman–Crippen MR) is 174 cm³/mol. The third kappa shape index (κ3) is 6.64. The normalized spacial score (nSPS) is 18.6. The van der Waals surface area contributed by atoms with Crippen LogP contribution in [0.1, 0.15) is 48.2 Å². The summed E-state index contributed by atoms with van der Waals surface area (Å²) in [6.07, 6.45) is -0.0815. The number of hydrogen-bond donors (Lipinski definition) is 3. The van der Waals surface area contributed by atoms with E-state index in [2.05, 4.69) is 4.98 Å². The number of para-hydroxylation sites is 2. The molecule has 1 fully saturated rings. The Morgan fingerprint density at radius 1 is 1.00 bits per heavy atom. The molecule has 11 nitrogen and oxygen atoms in total. The number of H-pyrrole nitrogens is 1. The van der Waals surface area contributed by atoms with Gasteiger partial charge in [-0.3, -0.25) is 19.1 Å². The molecule has 0 amide bonds. The Morgan fingerprint density at radius 2 is 1.60 bits per heavy atom. The van der Waals surface area contributed by atoms with Crippen molar-refractivity contribution in [2.75, 3.05) is 20.8 Å². The Balaban J connectivity index is 1.61. The maximum atomic E-state index is 13.0. The van der Waals surface area contributed by atoms with Crippen LogP contribution in [0.2, 0.25) is 0 Å². The van der Waals surface area contributed by atoms with E-state index < -0.39 is 47.2 Å². The van der Waals surface area contributed by atoms with Gasteiger partial charge in [-0.05, 0) is 24.1 Å². The molecule has 246 valence electrons. The van der Waals surface area contributed by atoms with Gasteiger partial charge in [0.25, 0.3) is 5.56 Å². The Morgan fingerprint density at radius 3 is 2.19 bits per heavy atom. The molecule has 47 heavy (non-hydrogen) atoms. The number of aliphatic hydroxyl groups is 2. The second-order valence-corrected chi connectivity index (χ2v) is 11.2. The van der Waals surface area contributed by atoms with E-state index in [1.54, 1.807) is 32.4 Å². The number of rotatable bonds is 12. The van der Waals surface area contributed by atoms with E-state index in [-0.39, 0.29) is 18.6 Å². The van der Waals surface area contributed by atoms with Crippen molar-refractivity contribution in [3.8, 4) is 11.5 Å². The van der Waals surface area contributed by atoms with Crippen molar-refractivity contribution >= 4 is 12.0 Å². The highest BCUT2D eigenvalue weighted by Gasteiger charge is 2.54. The fourth-order valence-corrected chi connectivity index (χ4v) is 6.28. The van der Waals surface area contributed by atoms with E-state index in [0.717, 1.165) is 0 Å². The first-order valence-corrected chi connectivity index (χ1v) is 15.2. The van der Waals surface area contributed by atoms with Crippen molar-refractivity contribution in [1.82, 2.24) is 9.55 Å². The molecule has 5 rings (SSSR count). The monoisotopic (exact) mass is 642 g/mol. The largest absolute Gasteiger partial charge is 0.496 e. The van der Waals surface area contributed by atoms with Gasteiger partial charge in [-0.1, -0.05) is 78.9 Å². The van der Waals surface area contributed by atoms with E-state index >= 15 is 0 Å². The lowest BCUT2D eigenvalue weighted by atomic mass is 9.63. The van der Waals surface area contributed by atoms with E-state index in [0.29, 0.717) is 34.6 Å². The van der Waals surface area contributed by atoms with Crippen LogP contribution in [0.15, 0.2) is 101 Å². The standard InChI is InChI=1S/C36H38N2O9/c1-23(39)46-20-12-11-13-24-22-38(35(43)37-34(24)42)31-21-28(40)32(47-31)33(41)36(25-14-5-4-6-15-25,26-16-7-9-18-29(26)44-2)27-17-8-10-19-30(27)45-3/h4-11,13-19,22,28,31-33,40-41H,12,20-21H2,1-3H3,(H,37,42,43)/b13-11+/t28-,31+,32-,33?/m0/s1. The molecule has 0 radical (unpaired) electrons. The van der Waals surface area contributed by atoms with Crippen LogP contribution in [0, 0.1) is 0 Å². The number of methoxy groups -OCH3 is 2. The number of aliphatic hydroxyl groups excluding tert-OH is 2. The molecule has 0 spiro atoms. The molecule has 1 aliphatic rings. The average Bonchev–Trinajstić information content (AvgIpc) is 3.47. The number of hydrogen-bond acceptors (Lipinski definition) is 9. The third-order valence-electron chi connectivity index (χ3n) is 8.38. The minimum Gasteiger partial charge on any atom is -0.496 e. The van der Waals surface area contributed by atoms with E-state index in [1.165, 1.54) is 23.8 Å². The zero-order valence-electron chi connectivity index (χ0n) is 26.4. The third-order valence-corrected chi connectivity index (χ3v) is 8.38. The fraction of sp³-hybridized carbons (Fsp3) is 0.306. The number of ether oxygens (including phenoxy) is 4. The Hall–Kier alpha value is -4.97. The van der Waals surface area contributed by atoms with Gasteiger partial charge in [-0.2, -0.15) is 0 Å². The molecule has 1 aliphatic heterocycles. The van der Waals surface area contributed by atoms with Crippen LogP contribution >= 0.6 is 0 Å². The van der Waals surface area contributed by atoms with Crippen LogP contribution in [-0.4, -0.2) is 64.9 Å². The average molecular weight is 643 g/mol. The number of aromatic amines is 1. The van der Waals surface area contributed by atoms with Gasteiger partial charge < -0.3 is 29.2 Å². The highest BCUT2D eigenvalue weighted by atomic mass is 16.5. The summed E-state index contributed by atoms with van der Waals surface area (Å²) < 4.78 is 24.1.